The number of carbonyl (C=O) groups excluding carboxylic acids is 1. The van der Waals surface area contributed by atoms with Crippen molar-refractivity contribution < 1.29 is 24.1 Å². The van der Waals surface area contributed by atoms with Gasteiger partial charge in [-0.25, -0.2) is 0 Å². The first-order valence-electron chi connectivity index (χ1n) is 4.88. The minimum absolute atomic E-state index is 0.230. The van der Waals surface area contributed by atoms with E-state index in [0.29, 0.717) is 6.61 Å². The van der Waals surface area contributed by atoms with E-state index in [1.165, 1.54) is 14.0 Å². The van der Waals surface area contributed by atoms with Crippen molar-refractivity contribution in [2.24, 2.45) is 0 Å². The second kappa shape index (κ2) is 4.05. The van der Waals surface area contributed by atoms with Gasteiger partial charge in [0.15, 0.2) is 6.29 Å². The van der Waals surface area contributed by atoms with E-state index in [9.17, 15) is 9.90 Å². The Labute approximate surface area is 87.5 Å². The zero-order chi connectivity index (χ0) is 11.0. The standard InChI is InChI=1S/C9H15NO5/c1-4(11)10-6-7(12)8(13-2)5-3-14-9(6)15-5/h5-9,12H,3H2,1-2H3,(H,10,11)/t5-,6+,7-,8-,9-/m1/s1. The fourth-order valence-corrected chi connectivity index (χ4v) is 2.07. The van der Waals surface area contributed by atoms with Crippen molar-refractivity contribution >= 4 is 5.91 Å². The van der Waals surface area contributed by atoms with Crippen molar-refractivity contribution in [3.63, 3.8) is 0 Å². The monoisotopic (exact) mass is 217 g/mol. The van der Waals surface area contributed by atoms with Gasteiger partial charge in [-0.05, 0) is 0 Å². The maximum Gasteiger partial charge on any atom is 0.217 e. The molecule has 2 saturated heterocycles. The molecule has 2 aliphatic heterocycles. The lowest BCUT2D eigenvalue weighted by molar-refractivity contribution is -0.193. The highest BCUT2D eigenvalue weighted by Crippen LogP contribution is 2.29. The van der Waals surface area contributed by atoms with Crippen LogP contribution in [0.2, 0.25) is 0 Å². The van der Waals surface area contributed by atoms with Crippen molar-refractivity contribution in [1.82, 2.24) is 5.32 Å². The lowest BCUT2D eigenvalue weighted by Gasteiger charge is -2.37. The largest absolute Gasteiger partial charge is 0.388 e. The fourth-order valence-electron chi connectivity index (χ4n) is 2.07. The van der Waals surface area contributed by atoms with Crippen molar-refractivity contribution in [1.29, 1.82) is 0 Å². The zero-order valence-corrected chi connectivity index (χ0v) is 8.67. The molecule has 0 radical (unpaired) electrons. The van der Waals surface area contributed by atoms with Crippen LogP contribution in [0.15, 0.2) is 0 Å². The molecule has 2 heterocycles. The number of hydrogen-bond acceptors (Lipinski definition) is 5. The average molecular weight is 217 g/mol. The minimum atomic E-state index is -0.801. The smallest absolute Gasteiger partial charge is 0.217 e. The van der Waals surface area contributed by atoms with Gasteiger partial charge >= 0.3 is 0 Å². The summed E-state index contributed by atoms with van der Waals surface area (Å²) in [5, 5.41) is 12.6. The summed E-state index contributed by atoms with van der Waals surface area (Å²) in [6.07, 6.45) is -2.08. The predicted octanol–water partition coefficient (Wildman–Crippen LogP) is -1.38. The Balaban J connectivity index is 2.12. The van der Waals surface area contributed by atoms with Crippen LogP contribution in [0.5, 0.6) is 0 Å². The maximum atomic E-state index is 11.0. The number of amides is 1. The Hall–Kier alpha value is -0.690. The van der Waals surface area contributed by atoms with Crippen molar-refractivity contribution in [3.05, 3.63) is 0 Å². The number of carbonyl (C=O) groups is 1. The molecule has 0 aromatic heterocycles. The summed E-state index contributed by atoms with van der Waals surface area (Å²) in [6.45, 7) is 1.77. The molecule has 1 amide bonds. The number of fused-ring (bicyclic) bond motifs is 2. The number of hydrogen-bond donors (Lipinski definition) is 2. The van der Waals surface area contributed by atoms with Crippen LogP contribution in [0.25, 0.3) is 0 Å². The molecule has 0 aliphatic carbocycles. The number of ether oxygens (including phenoxy) is 3. The van der Waals surface area contributed by atoms with Gasteiger partial charge in [0.25, 0.3) is 0 Å². The lowest BCUT2D eigenvalue weighted by Crippen LogP contribution is -2.60. The molecule has 0 aromatic carbocycles. The molecule has 2 bridgehead atoms. The third kappa shape index (κ3) is 1.85. The van der Waals surface area contributed by atoms with Gasteiger partial charge in [-0.1, -0.05) is 0 Å². The van der Waals surface area contributed by atoms with E-state index in [0.717, 1.165) is 0 Å². The molecule has 0 aromatic rings. The quantitative estimate of drug-likeness (QED) is 0.596. The summed E-state index contributed by atoms with van der Waals surface area (Å²) in [5.74, 6) is -0.230. The Bertz CT molecular complexity index is 259. The van der Waals surface area contributed by atoms with E-state index < -0.39 is 24.5 Å². The van der Waals surface area contributed by atoms with Crippen LogP contribution in [-0.4, -0.2) is 55.4 Å². The molecular formula is C9H15NO5. The van der Waals surface area contributed by atoms with Crippen LogP contribution >= 0.6 is 0 Å². The highest BCUT2D eigenvalue weighted by Gasteiger charge is 2.50. The third-order valence-corrected chi connectivity index (χ3v) is 2.74. The van der Waals surface area contributed by atoms with Gasteiger partial charge in [0, 0.05) is 14.0 Å². The van der Waals surface area contributed by atoms with E-state index >= 15 is 0 Å². The van der Waals surface area contributed by atoms with Crippen LogP contribution in [0.4, 0.5) is 0 Å². The van der Waals surface area contributed by atoms with Gasteiger partial charge in [-0.15, -0.1) is 0 Å². The molecule has 0 saturated carbocycles. The average Bonchev–Trinajstić information content (AvgIpc) is 2.59. The molecule has 6 nitrogen and oxygen atoms in total. The molecule has 86 valence electrons. The molecular weight excluding hydrogens is 202 g/mol. The first kappa shape index (κ1) is 10.8. The van der Waals surface area contributed by atoms with E-state index in [1.807, 2.05) is 0 Å². The molecule has 5 atom stereocenters. The van der Waals surface area contributed by atoms with Gasteiger partial charge in [-0.3, -0.25) is 4.79 Å². The van der Waals surface area contributed by atoms with E-state index in [2.05, 4.69) is 5.32 Å². The normalized spacial score (nSPS) is 44.1. The molecule has 2 N–H and O–H groups in total. The van der Waals surface area contributed by atoms with Crippen molar-refractivity contribution in [3.8, 4) is 0 Å². The second-order valence-electron chi connectivity index (χ2n) is 3.79. The van der Waals surface area contributed by atoms with E-state index in [4.69, 9.17) is 14.2 Å². The van der Waals surface area contributed by atoms with Gasteiger partial charge < -0.3 is 24.6 Å². The summed E-state index contributed by atoms with van der Waals surface area (Å²) in [7, 11) is 1.50. The third-order valence-electron chi connectivity index (χ3n) is 2.74. The molecule has 2 aliphatic rings. The minimum Gasteiger partial charge on any atom is -0.388 e. The maximum absolute atomic E-state index is 11.0. The summed E-state index contributed by atoms with van der Waals surface area (Å²) in [5.41, 5.74) is 0. The Morgan fingerprint density at radius 2 is 2.33 bits per heavy atom. The van der Waals surface area contributed by atoms with Gasteiger partial charge in [-0.2, -0.15) is 0 Å². The summed E-state index contributed by atoms with van der Waals surface area (Å²) < 4.78 is 15.9. The zero-order valence-electron chi connectivity index (χ0n) is 8.67. The molecule has 0 unspecified atom stereocenters. The van der Waals surface area contributed by atoms with Crippen LogP contribution in [-0.2, 0) is 19.0 Å². The van der Waals surface area contributed by atoms with E-state index in [1.54, 1.807) is 0 Å². The predicted molar refractivity (Wildman–Crippen MR) is 49.0 cm³/mol. The number of rotatable bonds is 2. The van der Waals surface area contributed by atoms with Crippen LogP contribution in [0, 0.1) is 0 Å². The lowest BCUT2D eigenvalue weighted by atomic mass is 9.98. The van der Waals surface area contributed by atoms with Crippen LogP contribution in [0.1, 0.15) is 6.92 Å². The first-order valence-corrected chi connectivity index (χ1v) is 4.88. The second-order valence-corrected chi connectivity index (χ2v) is 3.79. The summed E-state index contributed by atoms with van der Waals surface area (Å²) in [4.78, 5) is 11.0. The van der Waals surface area contributed by atoms with Crippen LogP contribution in [0.3, 0.4) is 0 Å². The van der Waals surface area contributed by atoms with E-state index in [-0.39, 0.29) is 12.0 Å². The molecule has 0 spiro atoms. The topological polar surface area (TPSA) is 77.0 Å². The SMILES string of the molecule is CO[C@H]1[C@H](O)[C@H](NC(C)=O)[C@@H]2OC[C@H]1O2. The highest BCUT2D eigenvalue weighted by molar-refractivity contribution is 5.73. The Morgan fingerprint density at radius 1 is 1.60 bits per heavy atom. The highest BCUT2D eigenvalue weighted by atomic mass is 16.7. The summed E-state index contributed by atoms with van der Waals surface area (Å²) >= 11 is 0. The molecule has 15 heavy (non-hydrogen) atoms. The van der Waals surface area contributed by atoms with Crippen LogP contribution < -0.4 is 5.32 Å². The van der Waals surface area contributed by atoms with Gasteiger partial charge in [0.2, 0.25) is 5.91 Å². The Morgan fingerprint density at radius 3 is 2.93 bits per heavy atom. The molecule has 2 fully saturated rings. The summed E-state index contributed by atoms with van der Waals surface area (Å²) in [6, 6.07) is -0.564. The number of methoxy groups -OCH3 is 1. The Kier molecular flexibility index (Phi) is 2.92. The van der Waals surface area contributed by atoms with Gasteiger partial charge in [0.05, 0.1) is 6.61 Å². The van der Waals surface area contributed by atoms with Gasteiger partial charge in [0.1, 0.15) is 24.4 Å². The number of aliphatic hydroxyl groups is 1. The fraction of sp³-hybridized carbons (Fsp3) is 0.889. The number of aliphatic hydroxyl groups excluding tert-OH is 1. The first-order chi connectivity index (χ1) is 7.13. The molecule has 6 heteroatoms. The number of nitrogens with one attached hydrogen (secondary N) is 1. The van der Waals surface area contributed by atoms with Crippen molar-refractivity contribution in [2.75, 3.05) is 13.7 Å². The molecule has 2 rings (SSSR count). The van der Waals surface area contributed by atoms with Crippen molar-refractivity contribution in [2.45, 2.75) is 37.6 Å².